The van der Waals surface area contributed by atoms with Crippen LogP contribution in [0.3, 0.4) is 0 Å². The second-order valence-corrected chi connectivity index (χ2v) is 6.40. The minimum atomic E-state index is -0.841. The zero-order chi connectivity index (χ0) is 8.81. The van der Waals surface area contributed by atoms with E-state index in [1.807, 2.05) is 0 Å². The lowest BCUT2D eigenvalue weighted by Gasteiger charge is -2.23. The van der Waals surface area contributed by atoms with E-state index in [2.05, 4.69) is 6.92 Å². The Morgan fingerprint density at radius 3 is 2.92 bits per heavy atom. The Morgan fingerprint density at radius 1 is 1.50 bits per heavy atom. The summed E-state index contributed by atoms with van der Waals surface area (Å²) in [5, 5.41) is 0. The Hall–Kier alpha value is 0.137. The first-order valence-electron chi connectivity index (χ1n) is 5.20. The van der Waals surface area contributed by atoms with Gasteiger partial charge in [-0.2, -0.15) is 0 Å². The summed E-state index contributed by atoms with van der Waals surface area (Å²) in [5.74, 6) is 0. The molecule has 0 aromatic rings. The van der Waals surface area contributed by atoms with E-state index in [1.54, 1.807) is 0 Å². The summed E-state index contributed by atoms with van der Waals surface area (Å²) in [7, 11) is -0.841. The smallest absolute Gasteiger partial charge is 0.178 e. The molecule has 0 spiro atoms. The summed E-state index contributed by atoms with van der Waals surface area (Å²) in [6.07, 6.45) is 5.04. The van der Waals surface area contributed by atoms with Gasteiger partial charge in [-0.3, -0.25) is 0 Å². The molecule has 1 aliphatic rings. The van der Waals surface area contributed by atoms with Gasteiger partial charge in [0.05, 0.1) is 0 Å². The van der Waals surface area contributed by atoms with E-state index in [1.165, 1.54) is 37.8 Å². The Kier molecular flexibility index (Phi) is 4.88. The van der Waals surface area contributed by atoms with Crippen molar-refractivity contribution in [2.75, 3.05) is 6.61 Å². The van der Waals surface area contributed by atoms with Crippen molar-refractivity contribution in [2.24, 2.45) is 5.73 Å². The van der Waals surface area contributed by atoms with Gasteiger partial charge in [0.15, 0.2) is 9.04 Å². The molecule has 1 rings (SSSR count). The summed E-state index contributed by atoms with van der Waals surface area (Å²) >= 11 is 0. The van der Waals surface area contributed by atoms with E-state index in [4.69, 9.17) is 10.2 Å². The Balaban J connectivity index is 2.11. The molecule has 0 aromatic heterocycles. The van der Waals surface area contributed by atoms with Crippen LogP contribution in [0.25, 0.3) is 0 Å². The molecule has 0 bridgehead atoms. The molecule has 1 aliphatic heterocycles. The van der Waals surface area contributed by atoms with E-state index >= 15 is 0 Å². The fourth-order valence-corrected chi connectivity index (χ4v) is 4.51. The maximum atomic E-state index is 5.97. The molecule has 0 amide bonds. The van der Waals surface area contributed by atoms with E-state index in [0.29, 0.717) is 6.04 Å². The molecule has 0 aliphatic carbocycles. The quantitative estimate of drug-likeness (QED) is 0.679. The number of hydrogen-bond donors (Lipinski definition) is 1. The highest BCUT2D eigenvalue weighted by Crippen LogP contribution is 2.16. The van der Waals surface area contributed by atoms with Gasteiger partial charge in [0.2, 0.25) is 0 Å². The molecule has 3 heteroatoms. The molecular formula is C9H21NOSi. The van der Waals surface area contributed by atoms with Gasteiger partial charge in [0.25, 0.3) is 0 Å². The third-order valence-electron chi connectivity index (χ3n) is 2.50. The third-order valence-corrected chi connectivity index (χ3v) is 5.39. The molecule has 0 saturated carbocycles. The summed E-state index contributed by atoms with van der Waals surface area (Å²) in [6.45, 7) is 3.21. The van der Waals surface area contributed by atoms with Gasteiger partial charge in [0, 0.05) is 12.6 Å². The molecule has 2 N–H and O–H groups in total. The summed E-state index contributed by atoms with van der Waals surface area (Å²) in [5.41, 5.74) is 5.97. The predicted octanol–water partition coefficient (Wildman–Crippen LogP) is 1.65. The van der Waals surface area contributed by atoms with E-state index in [-0.39, 0.29) is 0 Å². The summed E-state index contributed by atoms with van der Waals surface area (Å²) in [4.78, 5) is 0. The average molecular weight is 187 g/mol. The summed E-state index contributed by atoms with van der Waals surface area (Å²) in [6, 6.07) is 2.98. The van der Waals surface area contributed by atoms with Crippen molar-refractivity contribution in [1.29, 1.82) is 0 Å². The lowest BCUT2D eigenvalue weighted by molar-refractivity contribution is 0.284. The minimum absolute atomic E-state index is 0.421. The molecule has 1 fully saturated rings. The zero-order valence-corrected chi connectivity index (χ0v) is 9.24. The first-order valence-corrected chi connectivity index (χ1v) is 7.30. The van der Waals surface area contributed by atoms with Crippen LogP contribution in [0.15, 0.2) is 0 Å². The fraction of sp³-hybridized carbons (Fsp3) is 1.00. The van der Waals surface area contributed by atoms with Gasteiger partial charge in [-0.05, 0) is 24.9 Å². The second kappa shape index (κ2) is 5.73. The van der Waals surface area contributed by atoms with Gasteiger partial charge >= 0.3 is 0 Å². The van der Waals surface area contributed by atoms with E-state index in [9.17, 15) is 0 Å². The molecule has 2 unspecified atom stereocenters. The first kappa shape index (κ1) is 10.2. The van der Waals surface area contributed by atoms with Crippen LogP contribution < -0.4 is 5.73 Å². The Labute approximate surface area is 77.2 Å². The average Bonchev–Trinajstić information content (AvgIpc) is 2.06. The monoisotopic (exact) mass is 187 g/mol. The van der Waals surface area contributed by atoms with Crippen molar-refractivity contribution in [1.82, 2.24) is 0 Å². The van der Waals surface area contributed by atoms with Crippen molar-refractivity contribution in [3.8, 4) is 0 Å². The second-order valence-electron chi connectivity index (χ2n) is 3.77. The van der Waals surface area contributed by atoms with Crippen LogP contribution in [0.1, 0.15) is 32.6 Å². The largest absolute Gasteiger partial charge is 0.420 e. The number of rotatable bonds is 4. The predicted molar refractivity (Wildman–Crippen MR) is 54.8 cm³/mol. The highest BCUT2D eigenvalue weighted by Gasteiger charge is 2.18. The SMILES string of the molecule is CCCC(N)C[SiH]1CCCCO1. The highest BCUT2D eigenvalue weighted by atomic mass is 28.3. The molecule has 1 saturated heterocycles. The fourth-order valence-electron chi connectivity index (χ4n) is 1.82. The lowest BCUT2D eigenvalue weighted by Crippen LogP contribution is -2.32. The van der Waals surface area contributed by atoms with Crippen molar-refractivity contribution in [3.63, 3.8) is 0 Å². The zero-order valence-electron chi connectivity index (χ0n) is 8.09. The molecule has 1 heterocycles. The minimum Gasteiger partial charge on any atom is -0.420 e. The van der Waals surface area contributed by atoms with Gasteiger partial charge < -0.3 is 10.2 Å². The van der Waals surface area contributed by atoms with E-state index in [0.717, 1.165) is 6.61 Å². The van der Waals surface area contributed by atoms with Gasteiger partial charge in [-0.1, -0.05) is 19.8 Å². The van der Waals surface area contributed by atoms with Gasteiger partial charge in [-0.15, -0.1) is 0 Å². The number of nitrogens with two attached hydrogens (primary N) is 1. The molecule has 0 radical (unpaired) electrons. The van der Waals surface area contributed by atoms with Crippen molar-refractivity contribution in [2.45, 2.75) is 50.7 Å². The third kappa shape index (κ3) is 3.69. The standard InChI is InChI=1S/C9H21NOSi/c1-2-5-9(10)8-12-7-4-3-6-11-12/h9,12H,2-8,10H2,1H3. The Morgan fingerprint density at radius 2 is 2.33 bits per heavy atom. The molecule has 0 aromatic carbocycles. The van der Waals surface area contributed by atoms with Crippen LogP contribution >= 0.6 is 0 Å². The summed E-state index contributed by atoms with van der Waals surface area (Å²) < 4.78 is 5.75. The number of hydrogen-bond acceptors (Lipinski definition) is 2. The van der Waals surface area contributed by atoms with Crippen LogP contribution in [0.2, 0.25) is 12.1 Å². The van der Waals surface area contributed by atoms with Crippen LogP contribution in [0.5, 0.6) is 0 Å². The van der Waals surface area contributed by atoms with Gasteiger partial charge in [-0.25, -0.2) is 0 Å². The maximum Gasteiger partial charge on any atom is 0.178 e. The highest BCUT2D eigenvalue weighted by molar-refractivity contribution is 6.52. The van der Waals surface area contributed by atoms with Crippen LogP contribution in [0, 0.1) is 0 Å². The van der Waals surface area contributed by atoms with E-state index < -0.39 is 9.04 Å². The molecule has 12 heavy (non-hydrogen) atoms. The molecular weight excluding hydrogens is 166 g/mol. The van der Waals surface area contributed by atoms with Crippen molar-refractivity contribution < 1.29 is 4.43 Å². The topological polar surface area (TPSA) is 35.2 Å². The normalized spacial score (nSPS) is 27.0. The molecule has 72 valence electrons. The lowest BCUT2D eigenvalue weighted by atomic mass is 10.2. The van der Waals surface area contributed by atoms with Gasteiger partial charge in [0.1, 0.15) is 0 Å². The van der Waals surface area contributed by atoms with Crippen LogP contribution in [0.4, 0.5) is 0 Å². The van der Waals surface area contributed by atoms with Crippen LogP contribution in [-0.2, 0) is 4.43 Å². The van der Waals surface area contributed by atoms with Crippen molar-refractivity contribution >= 4 is 9.04 Å². The molecule has 2 atom stereocenters. The van der Waals surface area contributed by atoms with Crippen molar-refractivity contribution in [3.05, 3.63) is 0 Å². The molecule has 2 nitrogen and oxygen atoms in total. The van der Waals surface area contributed by atoms with Crippen LogP contribution in [-0.4, -0.2) is 21.7 Å². The maximum absolute atomic E-state index is 5.97. The Bertz CT molecular complexity index is 115. The first-order chi connectivity index (χ1) is 5.83.